The van der Waals surface area contributed by atoms with E-state index in [0.29, 0.717) is 13.0 Å². The number of benzene rings is 1. The molecule has 1 atom stereocenters. The molecule has 2 aromatic rings. The van der Waals surface area contributed by atoms with Gasteiger partial charge in [-0.25, -0.2) is 0 Å². The van der Waals surface area contributed by atoms with Crippen LogP contribution in [0.25, 0.3) is 0 Å². The van der Waals surface area contributed by atoms with E-state index in [4.69, 9.17) is 5.73 Å². The van der Waals surface area contributed by atoms with Crippen LogP contribution in [0.3, 0.4) is 0 Å². The van der Waals surface area contributed by atoms with Crippen molar-refractivity contribution in [3.8, 4) is 0 Å². The van der Waals surface area contributed by atoms with Crippen molar-refractivity contribution in [2.24, 2.45) is 5.73 Å². The van der Waals surface area contributed by atoms with E-state index in [1.165, 1.54) is 0 Å². The predicted molar refractivity (Wildman–Crippen MR) is 93.4 cm³/mol. The summed E-state index contributed by atoms with van der Waals surface area (Å²) < 4.78 is 0. The van der Waals surface area contributed by atoms with Crippen molar-refractivity contribution in [1.82, 2.24) is 10.3 Å². The fourth-order valence-electron chi connectivity index (χ4n) is 1.88. The molecule has 4 nitrogen and oxygen atoms in total. The third kappa shape index (κ3) is 6.43. The van der Waals surface area contributed by atoms with Gasteiger partial charge in [-0.05, 0) is 30.5 Å². The highest BCUT2D eigenvalue weighted by molar-refractivity contribution is 5.85. The lowest BCUT2D eigenvalue weighted by atomic mass is 10.1. The number of hydrogen-bond donors (Lipinski definition) is 2. The Morgan fingerprint density at radius 3 is 2.41 bits per heavy atom. The lowest BCUT2D eigenvalue weighted by Gasteiger charge is -2.12. The Balaban J connectivity index is 0.00000220. The number of rotatable bonds is 5. The van der Waals surface area contributed by atoms with Crippen LogP contribution in [0.4, 0.5) is 0 Å². The zero-order chi connectivity index (χ0) is 14.4. The predicted octanol–water partition coefficient (Wildman–Crippen LogP) is 2.42. The smallest absolute Gasteiger partial charge is 0.237 e. The fourth-order valence-corrected chi connectivity index (χ4v) is 1.88. The summed E-state index contributed by atoms with van der Waals surface area (Å²) in [6.45, 7) is 2.38. The van der Waals surface area contributed by atoms with Crippen LogP contribution >= 0.6 is 24.8 Å². The molecule has 0 aliphatic heterocycles. The maximum atomic E-state index is 11.9. The van der Waals surface area contributed by atoms with Crippen LogP contribution in [-0.4, -0.2) is 16.9 Å². The molecule has 1 aromatic heterocycles. The van der Waals surface area contributed by atoms with Crippen LogP contribution in [0, 0.1) is 6.92 Å². The summed E-state index contributed by atoms with van der Waals surface area (Å²) in [6, 6.07) is 13.1. The molecule has 22 heavy (non-hydrogen) atoms. The van der Waals surface area contributed by atoms with Crippen molar-refractivity contribution < 1.29 is 4.79 Å². The second kappa shape index (κ2) is 10.2. The quantitative estimate of drug-likeness (QED) is 0.877. The Hall–Kier alpha value is -1.62. The van der Waals surface area contributed by atoms with Crippen LogP contribution in [0.1, 0.15) is 16.8 Å². The van der Waals surface area contributed by atoms with Gasteiger partial charge in [0.05, 0.1) is 6.04 Å². The molecule has 0 saturated carbocycles. The number of carbonyl (C=O) groups is 1. The highest BCUT2D eigenvalue weighted by Gasteiger charge is 2.13. The molecule has 0 radical (unpaired) electrons. The van der Waals surface area contributed by atoms with Crippen molar-refractivity contribution >= 4 is 30.7 Å². The molecule has 1 aromatic carbocycles. The van der Waals surface area contributed by atoms with E-state index in [0.717, 1.165) is 16.8 Å². The molecule has 0 bridgehead atoms. The number of nitrogens with two attached hydrogens (primary N) is 1. The molecular weight excluding hydrogens is 321 g/mol. The van der Waals surface area contributed by atoms with E-state index >= 15 is 0 Å². The van der Waals surface area contributed by atoms with E-state index in [1.807, 2.05) is 49.4 Å². The highest BCUT2D eigenvalue weighted by atomic mass is 35.5. The Kier molecular flexibility index (Phi) is 9.42. The summed E-state index contributed by atoms with van der Waals surface area (Å²) in [5.41, 5.74) is 8.90. The standard InChI is InChI=1S/C16H19N3O.2ClH/c1-12-7-8-14(10-18-12)11-19-16(20)15(17)9-13-5-3-2-4-6-13;;/h2-8,10,15H,9,11,17H2,1H3,(H,19,20);2*1H. The molecule has 1 heterocycles. The minimum Gasteiger partial charge on any atom is -0.351 e. The molecular formula is C16H21Cl2N3O. The van der Waals surface area contributed by atoms with Gasteiger partial charge in [0.25, 0.3) is 0 Å². The van der Waals surface area contributed by atoms with Crippen LogP contribution < -0.4 is 11.1 Å². The zero-order valence-electron chi connectivity index (χ0n) is 12.4. The summed E-state index contributed by atoms with van der Waals surface area (Å²) in [5.74, 6) is -0.144. The SMILES string of the molecule is Cc1ccc(CNC(=O)C(N)Cc2ccccc2)cn1.Cl.Cl. The molecule has 120 valence electrons. The molecule has 6 heteroatoms. The van der Waals surface area contributed by atoms with Crippen molar-refractivity contribution in [3.63, 3.8) is 0 Å². The third-order valence-corrected chi connectivity index (χ3v) is 3.07. The van der Waals surface area contributed by atoms with Gasteiger partial charge in [0.2, 0.25) is 5.91 Å². The second-order valence-corrected chi connectivity index (χ2v) is 4.82. The first-order valence-corrected chi connectivity index (χ1v) is 6.64. The first-order valence-electron chi connectivity index (χ1n) is 6.64. The van der Waals surface area contributed by atoms with Crippen molar-refractivity contribution in [2.45, 2.75) is 25.9 Å². The van der Waals surface area contributed by atoms with Gasteiger partial charge in [0.1, 0.15) is 0 Å². The van der Waals surface area contributed by atoms with E-state index in [1.54, 1.807) is 6.20 Å². The summed E-state index contributed by atoms with van der Waals surface area (Å²) in [5, 5.41) is 2.83. The van der Waals surface area contributed by atoms with E-state index in [2.05, 4.69) is 10.3 Å². The topological polar surface area (TPSA) is 68.0 Å². The lowest BCUT2D eigenvalue weighted by Crippen LogP contribution is -2.41. The summed E-state index contributed by atoms with van der Waals surface area (Å²) in [6.07, 6.45) is 2.30. The molecule has 0 aliphatic carbocycles. The van der Waals surface area contributed by atoms with Gasteiger partial charge < -0.3 is 11.1 Å². The number of aromatic nitrogens is 1. The molecule has 1 unspecified atom stereocenters. The first kappa shape index (κ1) is 20.4. The van der Waals surface area contributed by atoms with Gasteiger partial charge in [0.15, 0.2) is 0 Å². The molecule has 2 rings (SSSR count). The maximum Gasteiger partial charge on any atom is 0.237 e. The normalized spacial score (nSPS) is 10.8. The minimum absolute atomic E-state index is 0. The lowest BCUT2D eigenvalue weighted by molar-refractivity contribution is -0.122. The van der Waals surface area contributed by atoms with Gasteiger partial charge in [-0.3, -0.25) is 9.78 Å². The number of amides is 1. The summed E-state index contributed by atoms with van der Waals surface area (Å²) in [7, 11) is 0. The van der Waals surface area contributed by atoms with Crippen LogP contribution in [0.5, 0.6) is 0 Å². The number of nitrogens with zero attached hydrogens (tertiary/aromatic N) is 1. The average molecular weight is 342 g/mol. The monoisotopic (exact) mass is 341 g/mol. The number of nitrogens with one attached hydrogen (secondary N) is 1. The fraction of sp³-hybridized carbons (Fsp3) is 0.250. The number of aryl methyl sites for hydroxylation is 1. The van der Waals surface area contributed by atoms with Crippen LogP contribution in [0.2, 0.25) is 0 Å². The number of halogens is 2. The molecule has 0 saturated heterocycles. The van der Waals surface area contributed by atoms with Crippen LogP contribution in [-0.2, 0) is 17.8 Å². The van der Waals surface area contributed by atoms with E-state index in [-0.39, 0.29) is 30.7 Å². The molecule has 3 N–H and O–H groups in total. The molecule has 0 aliphatic rings. The molecule has 0 spiro atoms. The average Bonchev–Trinajstić information content (AvgIpc) is 2.47. The molecule has 0 fully saturated rings. The Labute approximate surface area is 143 Å². The number of hydrogen-bond acceptors (Lipinski definition) is 3. The Morgan fingerprint density at radius 2 is 1.82 bits per heavy atom. The van der Waals surface area contributed by atoms with Gasteiger partial charge >= 0.3 is 0 Å². The van der Waals surface area contributed by atoms with Gasteiger partial charge in [-0.15, -0.1) is 24.8 Å². The van der Waals surface area contributed by atoms with Gasteiger partial charge in [-0.2, -0.15) is 0 Å². The van der Waals surface area contributed by atoms with Crippen molar-refractivity contribution in [2.75, 3.05) is 0 Å². The Bertz CT molecular complexity index is 561. The maximum absolute atomic E-state index is 11.9. The zero-order valence-corrected chi connectivity index (χ0v) is 14.0. The number of pyridine rings is 1. The van der Waals surface area contributed by atoms with Crippen molar-refractivity contribution in [3.05, 3.63) is 65.5 Å². The van der Waals surface area contributed by atoms with Gasteiger partial charge in [-0.1, -0.05) is 36.4 Å². The highest BCUT2D eigenvalue weighted by Crippen LogP contribution is 2.03. The van der Waals surface area contributed by atoms with Crippen molar-refractivity contribution in [1.29, 1.82) is 0 Å². The summed E-state index contributed by atoms with van der Waals surface area (Å²) in [4.78, 5) is 16.1. The summed E-state index contributed by atoms with van der Waals surface area (Å²) >= 11 is 0. The first-order chi connectivity index (χ1) is 9.65. The van der Waals surface area contributed by atoms with E-state index < -0.39 is 6.04 Å². The second-order valence-electron chi connectivity index (χ2n) is 4.82. The minimum atomic E-state index is -0.532. The number of carbonyl (C=O) groups excluding carboxylic acids is 1. The Morgan fingerprint density at radius 1 is 1.14 bits per heavy atom. The van der Waals surface area contributed by atoms with Gasteiger partial charge in [0, 0.05) is 18.4 Å². The molecule has 1 amide bonds. The third-order valence-electron chi connectivity index (χ3n) is 3.07. The largest absolute Gasteiger partial charge is 0.351 e. The van der Waals surface area contributed by atoms with E-state index in [9.17, 15) is 4.79 Å². The van der Waals surface area contributed by atoms with Crippen LogP contribution in [0.15, 0.2) is 48.7 Å².